The highest BCUT2D eigenvalue weighted by Crippen LogP contribution is 2.31. The molecule has 1 aromatic rings. The second-order valence-corrected chi connectivity index (χ2v) is 5.70. The van der Waals surface area contributed by atoms with Gasteiger partial charge in [-0.05, 0) is 38.6 Å². The Bertz CT molecular complexity index is 414. The van der Waals surface area contributed by atoms with Gasteiger partial charge in [-0.25, -0.2) is 0 Å². The van der Waals surface area contributed by atoms with E-state index in [2.05, 4.69) is 28.9 Å². The summed E-state index contributed by atoms with van der Waals surface area (Å²) in [5.41, 5.74) is 1.17. The predicted octanol–water partition coefficient (Wildman–Crippen LogP) is 2.91. The first-order chi connectivity index (χ1) is 10.3. The molecule has 0 aliphatic carbocycles. The van der Waals surface area contributed by atoms with Crippen molar-refractivity contribution in [3.63, 3.8) is 0 Å². The van der Waals surface area contributed by atoms with Crippen LogP contribution in [0.15, 0.2) is 6.20 Å². The lowest BCUT2D eigenvalue weighted by Crippen LogP contribution is -2.28. The lowest BCUT2D eigenvalue weighted by Gasteiger charge is -2.23. The molecule has 0 bridgehead atoms. The van der Waals surface area contributed by atoms with Gasteiger partial charge in [0.15, 0.2) is 5.75 Å². The van der Waals surface area contributed by atoms with Gasteiger partial charge in [-0.2, -0.15) is 5.10 Å². The van der Waals surface area contributed by atoms with E-state index in [4.69, 9.17) is 9.47 Å². The molecule has 0 saturated carbocycles. The minimum Gasteiger partial charge on any atom is -0.493 e. The number of nitrogens with zero attached hydrogens (tertiary/aromatic N) is 2. The Labute approximate surface area is 128 Å². The first kappa shape index (κ1) is 16.3. The van der Waals surface area contributed by atoms with Crippen molar-refractivity contribution in [1.29, 1.82) is 0 Å². The number of nitrogens with one attached hydrogen (secondary N) is 1. The fourth-order valence-corrected chi connectivity index (χ4v) is 2.98. The van der Waals surface area contributed by atoms with Gasteiger partial charge in [-0.3, -0.25) is 4.68 Å². The summed E-state index contributed by atoms with van der Waals surface area (Å²) in [6, 6.07) is 0.247. The summed E-state index contributed by atoms with van der Waals surface area (Å²) >= 11 is 0. The molecule has 120 valence electrons. The van der Waals surface area contributed by atoms with Gasteiger partial charge in [0, 0.05) is 13.2 Å². The lowest BCUT2D eigenvalue weighted by molar-refractivity contribution is 0.0932. The van der Waals surface area contributed by atoms with Crippen molar-refractivity contribution in [2.45, 2.75) is 64.6 Å². The van der Waals surface area contributed by atoms with Crippen LogP contribution in [0.3, 0.4) is 0 Å². The van der Waals surface area contributed by atoms with Crippen LogP contribution in [0.1, 0.15) is 57.7 Å². The molecule has 2 rings (SSSR count). The Morgan fingerprint density at radius 1 is 1.48 bits per heavy atom. The third-order valence-corrected chi connectivity index (χ3v) is 3.99. The van der Waals surface area contributed by atoms with E-state index in [0.717, 1.165) is 51.1 Å². The van der Waals surface area contributed by atoms with Crippen molar-refractivity contribution in [2.24, 2.45) is 0 Å². The number of aryl methyl sites for hydroxylation is 1. The highest BCUT2D eigenvalue weighted by atomic mass is 16.5. The number of hydrogen-bond donors (Lipinski definition) is 1. The van der Waals surface area contributed by atoms with Gasteiger partial charge in [0.2, 0.25) is 0 Å². The van der Waals surface area contributed by atoms with E-state index in [-0.39, 0.29) is 6.04 Å². The van der Waals surface area contributed by atoms with Gasteiger partial charge in [0.1, 0.15) is 0 Å². The van der Waals surface area contributed by atoms with Gasteiger partial charge in [-0.15, -0.1) is 0 Å². The fourth-order valence-electron chi connectivity index (χ4n) is 2.98. The molecule has 1 aromatic heterocycles. The van der Waals surface area contributed by atoms with Crippen LogP contribution in [0.25, 0.3) is 0 Å². The summed E-state index contributed by atoms with van der Waals surface area (Å²) in [4.78, 5) is 0. The van der Waals surface area contributed by atoms with Gasteiger partial charge >= 0.3 is 0 Å². The Kier molecular flexibility index (Phi) is 6.51. The molecule has 5 nitrogen and oxygen atoms in total. The highest BCUT2D eigenvalue weighted by molar-refractivity contribution is 5.28. The van der Waals surface area contributed by atoms with E-state index in [0.29, 0.717) is 6.10 Å². The minimum absolute atomic E-state index is 0.247. The maximum atomic E-state index is 5.82. The van der Waals surface area contributed by atoms with Gasteiger partial charge < -0.3 is 14.8 Å². The standard InChI is InChI=1S/C16H29N3O2/c1-4-8-17-14(11-13-7-6-10-21-13)16-15(20-3)12-18-19(16)9-5-2/h12-14,17H,4-11H2,1-3H3. The second-order valence-electron chi connectivity index (χ2n) is 5.70. The molecule has 2 unspecified atom stereocenters. The largest absolute Gasteiger partial charge is 0.493 e. The molecular weight excluding hydrogens is 266 g/mol. The van der Waals surface area contributed by atoms with Crippen LogP contribution in [0.5, 0.6) is 5.75 Å². The minimum atomic E-state index is 0.247. The van der Waals surface area contributed by atoms with Crippen LogP contribution in [0.4, 0.5) is 0 Å². The predicted molar refractivity (Wildman–Crippen MR) is 83.7 cm³/mol. The Morgan fingerprint density at radius 2 is 2.33 bits per heavy atom. The third-order valence-electron chi connectivity index (χ3n) is 3.99. The second kappa shape index (κ2) is 8.39. The average molecular weight is 295 g/mol. The van der Waals surface area contributed by atoms with Crippen molar-refractivity contribution < 1.29 is 9.47 Å². The Balaban J connectivity index is 2.18. The zero-order valence-electron chi connectivity index (χ0n) is 13.6. The summed E-state index contributed by atoms with van der Waals surface area (Å²) in [5, 5.41) is 8.14. The van der Waals surface area contributed by atoms with Crippen molar-refractivity contribution >= 4 is 0 Å². The van der Waals surface area contributed by atoms with Crippen molar-refractivity contribution in [2.75, 3.05) is 20.3 Å². The van der Waals surface area contributed by atoms with Gasteiger partial charge in [-0.1, -0.05) is 13.8 Å². The summed E-state index contributed by atoms with van der Waals surface area (Å²) < 4.78 is 13.4. The van der Waals surface area contributed by atoms with Crippen LogP contribution in [-0.2, 0) is 11.3 Å². The third kappa shape index (κ3) is 4.20. The molecule has 5 heteroatoms. The first-order valence-electron chi connectivity index (χ1n) is 8.24. The molecular formula is C16H29N3O2. The SMILES string of the molecule is CCCNC(CC1CCCO1)c1c(OC)cnn1CCC. The first-order valence-corrected chi connectivity index (χ1v) is 8.24. The normalized spacial score (nSPS) is 19.9. The molecule has 0 spiro atoms. The Hall–Kier alpha value is -1.07. The van der Waals surface area contributed by atoms with Crippen molar-refractivity contribution in [3.8, 4) is 5.75 Å². The zero-order chi connectivity index (χ0) is 15.1. The summed E-state index contributed by atoms with van der Waals surface area (Å²) in [5.74, 6) is 0.884. The number of ether oxygens (including phenoxy) is 2. The van der Waals surface area contributed by atoms with E-state index in [1.165, 1.54) is 12.1 Å². The summed E-state index contributed by atoms with van der Waals surface area (Å²) in [6.45, 7) is 7.19. The van der Waals surface area contributed by atoms with E-state index in [9.17, 15) is 0 Å². The van der Waals surface area contributed by atoms with E-state index in [1.807, 2.05) is 6.20 Å². The number of hydrogen-bond acceptors (Lipinski definition) is 4. The van der Waals surface area contributed by atoms with Crippen molar-refractivity contribution in [1.82, 2.24) is 15.1 Å². The topological polar surface area (TPSA) is 48.3 Å². The van der Waals surface area contributed by atoms with Gasteiger partial charge in [0.25, 0.3) is 0 Å². The van der Waals surface area contributed by atoms with Crippen LogP contribution in [-0.4, -0.2) is 36.1 Å². The summed E-state index contributed by atoms with van der Waals surface area (Å²) in [6.07, 6.45) is 7.71. The number of methoxy groups -OCH3 is 1. The monoisotopic (exact) mass is 295 g/mol. The molecule has 0 amide bonds. The Morgan fingerprint density at radius 3 is 2.95 bits per heavy atom. The van der Waals surface area contributed by atoms with Crippen LogP contribution in [0.2, 0.25) is 0 Å². The molecule has 2 atom stereocenters. The zero-order valence-corrected chi connectivity index (χ0v) is 13.6. The van der Waals surface area contributed by atoms with Crippen LogP contribution in [0, 0.1) is 0 Å². The molecule has 0 aromatic carbocycles. The highest BCUT2D eigenvalue weighted by Gasteiger charge is 2.26. The van der Waals surface area contributed by atoms with E-state index >= 15 is 0 Å². The van der Waals surface area contributed by atoms with E-state index in [1.54, 1.807) is 7.11 Å². The quantitative estimate of drug-likeness (QED) is 0.761. The van der Waals surface area contributed by atoms with E-state index < -0.39 is 0 Å². The maximum absolute atomic E-state index is 5.82. The molecule has 1 N–H and O–H groups in total. The molecule has 1 aliphatic rings. The van der Waals surface area contributed by atoms with Gasteiger partial charge in [0.05, 0.1) is 31.1 Å². The lowest BCUT2D eigenvalue weighted by atomic mass is 10.0. The number of aromatic nitrogens is 2. The van der Waals surface area contributed by atoms with Crippen LogP contribution >= 0.6 is 0 Å². The van der Waals surface area contributed by atoms with Crippen LogP contribution < -0.4 is 10.1 Å². The molecule has 21 heavy (non-hydrogen) atoms. The maximum Gasteiger partial charge on any atom is 0.161 e. The smallest absolute Gasteiger partial charge is 0.161 e. The molecule has 2 heterocycles. The molecule has 1 aliphatic heterocycles. The molecule has 0 radical (unpaired) electrons. The fraction of sp³-hybridized carbons (Fsp3) is 0.812. The van der Waals surface area contributed by atoms with Crippen molar-refractivity contribution in [3.05, 3.63) is 11.9 Å². The molecule has 1 fully saturated rings. The molecule has 1 saturated heterocycles. The number of rotatable bonds is 9. The average Bonchev–Trinajstić information content (AvgIpc) is 3.13. The summed E-state index contributed by atoms with van der Waals surface area (Å²) in [7, 11) is 1.72.